The molecule has 0 atom stereocenters. The lowest BCUT2D eigenvalue weighted by molar-refractivity contribution is 1.03. The highest BCUT2D eigenvalue weighted by atomic mass is 32.1. The normalized spacial score (nSPS) is 9.69. The van der Waals surface area contributed by atoms with Gasteiger partial charge < -0.3 is 5.32 Å². The van der Waals surface area contributed by atoms with Crippen molar-refractivity contribution in [1.82, 2.24) is 0 Å². The van der Waals surface area contributed by atoms with Crippen LogP contribution in [0.4, 0.5) is 5.69 Å². The van der Waals surface area contributed by atoms with E-state index >= 15 is 0 Å². The molecule has 0 saturated carbocycles. The maximum atomic E-state index is 8.76. The van der Waals surface area contributed by atoms with E-state index in [-0.39, 0.29) is 0 Å². The zero-order valence-corrected chi connectivity index (χ0v) is 9.63. The molecule has 1 heterocycles. The van der Waals surface area contributed by atoms with E-state index in [1.165, 1.54) is 5.56 Å². The monoisotopic (exact) mass is 228 g/mol. The van der Waals surface area contributed by atoms with Crippen molar-refractivity contribution in [3.05, 3.63) is 52.2 Å². The number of nitrogens with one attached hydrogen (secondary N) is 1. The number of hydrogen-bond donors (Lipinski definition) is 1. The number of nitrogens with zero attached hydrogens (tertiary/aromatic N) is 1. The first-order valence-electron chi connectivity index (χ1n) is 5.13. The smallest absolute Gasteiger partial charge is 0.0992 e. The molecule has 0 unspecified atom stereocenters. The van der Waals surface area contributed by atoms with E-state index < -0.39 is 0 Å². The molecule has 0 aliphatic carbocycles. The highest BCUT2D eigenvalue weighted by Crippen LogP contribution is 2.11. The molecular formula is C13H12N2S. The molecular weight excluding hydrogens is 216 g/mol. The fourth-order valence-corrected chi connectivity index (χ4v) is 2.19. The molecule has 2 aromatic rings. The molecule has 0 spiro atoms. The van der Waals surface area contributed by atoms with Gasteiger partial charge in [-0.25, -0.2) is 0 Å². The largest absolute Gasteiger partial charge is 0.385 e. The lowest BCUT2D eigenvalue weighted by atomic mass is 10.2. The molecule has 0 amide bonds. The van der Waals surface area contributed by atoms with Gasteiger partial charge >= 0.3 is 0 Å². The van der Waals surface area contributed by atoms with Gasteiger partial charge in [0.1, 0.15) is 0 Å². The number of anilines is 1. The summed E-state index contributed by atoms with van der Waals surface area (Å²) in [6.07, 6.45) is 1.01. The van der Waals surface area contributed by atoms with Gasteiger partial charge in [0.25, 0.3) is 0 Å². The van der Waals surface area contributed by atoms with E-state index in [2.05, 4.69) is 28.2 Å². The van der Waals surface area contributed by atoms with Crippen molar-refractivity contribution in [2.75, 3.05) is 11.9 Å². The number of nitriles is 1. The van der Waals surface area contributed by atoms with Crippen LogP contribution in [0.3, 0.4) is 0 Å². The summed E-state index contributed by atoms with van der Waals surface area (Å²) in [5, 5.41) is 16.3. The molecule has 16 heavy (non-hydrogen) atoms. The molecule has 0 fully saturated rings. The third-order valence-corrected chi connectivity index (χ3v) is 3.05. The van der Waals surface area contributed by atoms with Gasteiger partial charge in [-0.2, -0.15) is 16.6 Å². The minimum Gasteiger partial charge on any atom is -0.385 e. The summed E-state index contributed by atoms with van der Waals surface area (Å²) >= 11 is 1.72. The Kier molecular flexibility index (Phi) is 3.58. The summed E-state index contributed by atoms with van der Waals surface area (Å²) < 4.78 is 0. The molecule has 0 radical (unpaired) electrons. The van der Waals surface area contributed by atoms with Crippen molar-refractivity contribution < 1.29 is 0 Å². The van der Waals surface area contributed by atoms with Crippen LogP contribution in [0.15, 0.2) is 41.1 Å². The molecule has 1 aromatic heterocycles. The molecule has 80 valence electrons. The average Bonchev–Trinajstić information content (AvgIpc) is 2.82. The molecule has 0 aliphatic heterocycles. The van der Waals surface area contributed by atoms with Gasteiger partial charge in [-0.3, -0.25) is 0 Å². The maximum absolute atomic E-state index is 8.76. The van der Waals surface area contributed by atoms with E-state index in [0.717, 1.165) is 18.7 Å². The highest BCUT2D eigenvalue weighted by molar-refractivity contribution is 7.07. The quantitative estimate of drug-likeness (QED) is 0.871. The zero-order chi connectivity index (χ0) is 11.2. The number of rotatable bonds is 4. The van der Waals surface area contributed by atoms with Crippen molar-refractivity contribution in [3.63, 3.8) is 0 Å². The predicted octanol–water partition coefficient (Wildman–Crippen LogP) is 3.27. The Balaban J connectivity index is 1.88. The molecule has 1 aromatic carbocycles. The summed E-state index contributed by atoms with van der Waals surface area (Å²) in [6, 6.07) is 11.8. The molecule has 0 bridgehead atoms. The second-order valence-electron chi connectivity index (χ2n) is 3.50. The van der Waals surface area contributed by atoms with Gasteiger partial charge in [-0.05, 0) is 47.0 Å². The molecule has 0 aliphatic rings. The van der Waals surface area contributed by atoms with Crippen LogP contribution in [0.25, 0.3) is 0 Å². The fourth-order valence-electron chi connectivity index (χ4n) is 1.48. The van der Waals surface area contributed by atoms with Gasteiger partial charge in [-0.15, -0.1) is 0 Å². The lowest BCUT2D eigenvalue weighted by Crippen LogP contribution is -2.04. The van der Waals surface area contributed by atoms with Crippen molar-refractivity contribution in [3.8, 4) is 6.07 Å². The van der Waals surface area contributed by atoms with Crippen LogP contribution in [0, 0.1) is 11.3 Å². The third kappa shape index (κ3) is 2.85. The van der Waals surface area contributed by atoms with Crippen LogP contribution in [0.1, 0.15) is 11.1 Å². The second-order valence-corrected chi connectivity index (χ2v) is 4.28. The van der Waals surface area contributed by atoms with Gasteiger partial charge in [0.15, 0.2) is 0 Å². The Labute approximate surface area is 99.2 Å². The third-order valence-electron chi connectivity index (χ3n) is 2.31. The Bertz CT molecular complexity index is 483. The van der Waals surface area contributed by atoms with E-state index in [9.17, 15) is 0 Å². The molecule has 2 nitrogen and oxygen atoms in total. The van der Waals surface area contributed by atoms with Crippen LogP contribution in [-0.2, 0) is 6.42 Å². The second kappa shape index (κ2) is 5.34. The average molecular weight is 228 g/mol. The first kappa shape index (κ1) is 10.7. The van der Waals surface area contributed by atoms with Crippen LogP contribution >= 0.6 is 11.3 Å². The zero-order valence-electron chi connectivity index (χ0n) is 8.81. The van der Waals surface area contributed by atoms with Crippen LogP contribution in [0.5, 0.6) is 0 Å². The molecule has 1 N–H and O–H groups in total. The highest BCUT2D eigenvalue weighted by Gasteiger charge is 1.95. The minimum atomic E-state index is 0.695. The standard InChI is InChI=1S/C13H12N2S/c14-9-12-2-1-3-13(8-12)15-6-4-11-5-7-16-10-11/h1-3,5,7-8,10,15H,4,6H2. The van der Waals surface area contributed by atoms with E-state index in [1.54, 1.807) is 11.3 Å². The van der Waals surface area contributed by atoms with Gasteiger partial charge in [-0.1, -0.05) is 6.07 Å². The van der Waals surface area contributed by atoms with E-state index in [4.69, 9.17) is 5.26 Å². The SMILES string of the molecule is N#Cc1cccc(NCCc2ccsc2)c1. The summed E-state index contributed by atoms with van der Waals surface area (Å²) in [6.45, 7) is 0.894. The van der Waals surface area contributed by atoms with Gasteiger partial charge in [0, 0.05) is 12.2 Å². The van der Waals surface area contributed by atoms with Crippen molar-refractivity contribution >= 4 is 17.0 Å². The van der Waals surface area contributed by atoms with Crippen LogP contribution in [0.2, 0.25) is 0 Å². The number of benzene rings is 1. The first-order valence-corrected chi connectivity index (χ1v) is 6.08. The summed E-state index contributed by atoms with van der Waals surface area (Å²) in [4.78, 5) is 0. The molecule has 2 rings (SSSR count). The Morgan fingerprint density at radius 3 is 3.00 bits per heavy atom. The minimum absolute atomic E-state index is 0.695. The summed E-state index contributed by atoms with van der Waals surface area (Å²) in [7, 11) is 0. The van der Waals surface area contributed by atoms with Crippen molar-refractivity contribution in [2.45, 2.75) is 6.42 Å². The van der Waals surface area contributed by atoms with Crippen LogP contribution in [-0.4, -0.2) is 6.54 Å². The lowest BCUT2D eigenvalue weighted by Gasteiger charge is -2.05. The topological polar surface area (TPSA) is 35.8 Å². The Hall–Kier alpha value is -1.79. The summed E-state index contributed by atoms with van der Waals surface area (Å²) in [5.74, 6) is 0. The van der Waals surface area contributed by atoms with Crippen LogP contribution < -0.4 is 5.32 Å². The summed E-state index contributed by atoms with van der Waals surface area (Å²) in [5.41, 5.74) is 3.06. The Morgan fingerprint density at radius 2 is 2.25 bits per heavy atom. The van der Waals surface area contributed by atoms with E-state index in [1.807, 2.05) is 24.3 Å². The Morgan fingerprint density at radius 1 is 1.31 bits per heavy atom. The van der Waals surface area contributed by atoms with Gasteiger partial charge in [0.05, 0.1) is 11.6 Å². The van der Waals surface area contributed by atoms with Gasteiger partial charge in [0.2, 0.25) is 0 Å². The number of hydrogen-bond acceptors (Lipinski definition) is 3. The number of thiophene rings is 1. The first-order chi connectivity index (χ1) is 7.88. The van der Waals surface area contributed by atoms with E-state index in [0.29, 0.717) is 5.56 Å². The van der Waals surface area contributed by atoms with Crippen molar-refractivity contribution in [1.29, 1.82) is 5.26 Å². The molecule has 3 heteroatoms. The molecule has 0 saturated heterocycles. The fraction of sp³-hybridized carbons (Fsp3) is 0.154. The maximum Gasteiger partial charge on any atom is 0.0992 e. The predicted molar refractivity (Wildman–Crippen MR) is 67.7 cm³/mol. The van der Waals surface area contributed by atoms with Crippen molar-refractivity contribution in [2.24, 2.45) is 0 Å².